The van der Waals surface area contributed by atoms with E-state index in [0.717, 1.165) is 4.31 Å². The maximum absolute atomic E-state index is 14.6. The van der Waals surface area contributed by atoms with E-state index in [1.54, 1.807) is 24.3 Å². The third kappa shape index (κ3) is 7.50. The van der Waals surface area contributed by atoms with Crippen LogP contribution in [-0.2, 0) is 26.2 Å². The van der Waals surface area contributed by atoms with Crippen molar-refractivity contribution in [1.29, 1.82) is 0 Å². The van der Waals surface area contributed by atoms with Gasteiger partial charge in [-0.3, -0.25) is 13.9 Å². The Balaban J connectivity index is 2.05. The van der Waals surface area contributed by atoms with E-state index in [-0.39, 0.29) is 38.8 Å². The number of sulfonamides is 1. The standard InChI is InChI=1S/C28H30Cl2FN3O4S/c1-4-19(2)32-28(36)20(3)33(17-21-10-8-9-13-26(21)31)27(35)18-34(22-14-15-24(29)25(30)16-22)39(37,38)23-11-6-5-7-12-23/h5-16,19-20H,4,17-18H2,1-3H3,(H,32,36)/t19-,20-/m1/s1. The Morgan fingerprint density at radius 2 is 1.59 bits per heavy atom. The van der Waals surface area contributed by atoms with E-state index in [0.29, 0.717) is 6.42 Å². The average Bonchev–Trinajstić information content (AvgIpc) is 2.92. The third-order valence-corrected chi connectivity index (χ3v) is 8.80. The van der Waals surface area contributed by atoms with Crippen LogP contribution >= 0.6 is 23.2 Å². The molecule has 0 heterocycles. The van der Waals surface area contributed by atoms with Gasteiger partial charge in [-0.05, 0) is 56.7 Å². The minimum Gasteiger partial charge on any atom is -0.352 e. The molecule has 2 atom stereocenters. The fourth-order valence-electron chi connectivity index (χ4n) is 3.75. The van der Waals surface area contributed by atoms with Crippen LogP contribution in [0.15, 0.2) is 77.7 Å². The fraction of sp³-hybridized carbons (Fsp3) is 0.286. The van der Waals surface area contributed by atoms with Crippen LogP contribution in [0.1, 0.15) is 32.8 Å². The number of hydrogen-bond acceptors (Lipinski definition) is 4. The van der Waals surface area contributed by atoms with E-state index < -0.39 is 40.2 Å². The van der Waals surface area contributed by atoms with Gasteiger partial charge in [-0.25, -0.2) is 12.8 Å². The molecule has 1 N–H and O–H groups in total. The van der Waals surface area contributed by atoms with Crippen LogP contribution in [-0.4, -0.2) is 43.8 Å². The third-order valence-electron chi connectivity index (χ3n) is 6.27. The summed E-state index contributed by atoms with van der Waals surface area (Å²) in [5.41, 5.74) is 0.283. The van der Waals surface area contributed by atoms with Gasteiger partial charge in [-0.1, -0.05) is 66.5 Å². The second kappa shape index (κ2) is 13.3. The smallest absolute Gasteiger partial charge is 0.264 e. The van der Waals surface area contributed by atoms with Crippen molar-refractivity contribution in [2.24, 2.45) is 0 Å². The lowest BCUT2D eigenvalue weighted by Crippen LogP contribution is -2.52. The van der Waals surface area contributed by atoms with Gasteiger partial charge in [0.1, 0.15) is 18.4 Å². The van der Waals surface area contributed by atoms with E-state index in [1.165, 1.54) is 60.4 Å². The first-order valence-electron chi connectivity index (χ1n) is 12.3. The summed E-state index contributed by atoms with van der Waals surface area (Å²) in [7, 11) is -4.25. The molecular formula is C28H30Cl2FN3O4S. The van der Waals surface area contributed by atoms with E-state index in [1.807, 2.05) is 13.8 Å². The Hall–Kier alpha value is -3.14. The van der Waals surface area contributed by atoms with Gasteiger partial charge in [0, 0.05) is 18.2 Å². The van der Waals surface area contributed by atoms with Crippen LogP contribution in [0.25, 0.3) is 0 Å². The second-order valence-electron chi connectivity index (χ2n) is 9.03. The molecule has 3 aromatic carbocycles. The van der Waals surface area contributed by atoms with Crippen molar-refractivity contribution in [3.8, 4) is 0 Å². The Morgan fingerprint density at radius 3 is 2.21 bits per heavy atom. The predicted octanol–water partition coefficient (Wildman–Crippen LogP) is 5.66. The molecule has 11 heteroatoms. The Kier molecular flexibility index (Phi) is 10.4. The monoisotopic (exact) mass is 593 g/mol. The van der Waals surface area contributed by atoms with E-state index in [2.05, 4.69) is 5.32 Å². The van der Waals surface area contributed by atoms with E-state index in [4.69, 9.17) is 23.2 Å². The summed E-state index contributed by atoms with van der Waals surface area (Å²) in [6.45, 7) is 4.32. The SMILES string of the molecule is CC[C@@H](C)NC(=O)[C@@H](C)N(Cc1ccccc1F)C(=O)CN(c1ccc(Cl)c(Cl)c1)S(=O)(=O)c1ccccc1. The number of amides is 2. The summed E-state index contributed by atoms with van der Waals surface area (Å²) in [6, 6.07) is 16.5. The molecule has 208 valence electrons. The summed E-state index contributed by atoms with van der Waals surface area (Å²) in [5, 5.41) is 3.13. The predicted molar refractivity (Wildman–Crippen MR) is 152 cm³/mol. The highest BCUT2D eigenvalue weighted by Gasteiger charge is 2.33. The summed E-state index contributed by atoms with van der Waals surface area (Å²) in [5.74, 6) is -1.71. The highest BCUT2D eigenvalue weighted by atomic mass is 35.5. The lowest BCUT2D eigenvalue weighted by molar-refractivity contribution is -0.139. The van der Waals surface area contributed by atoms with Gasteiger partial charge in [-0.2, -0.15) is 0 Å². The van der Waals surface area contributed by atoms with Gasteiger partial charge >= 0.3 is 0 Å². The molecule has 0 bridgehead atoms. The van der Waals surface area contributed by atoms with E-state index in [9.17, 15) is 22.4 Å². The van der Waals surface area contributed by atoms with Gasteiger partial charge in [0.25, 0.3) is 10.0 Å². The molecule has 0 unspecified atom stereocenters. The number of benzene rings is 3. The molecule has 0 aliphatic rings. The minimum absolute atomic E-state index is 0.0490. The van der Waals surface area contributed by atoms with Crippen LogP contribution in [0.4, 0.5) is 10.1 Å². The van der Waals surface area contributed by atoms with Crippen molar-refractivity contribution in [3.63, 3.8) is 0 Å². The number of anilines is 1. The van der Waals surface area contributed by atoms with Crippen molar-refractivity contribution in [1.82, 2.24) is 10.2 Å². The topological polar surface area (TPSA) is 86.8 Å². The molecule has 3 aromatic rings. The number of nitrogens with zero attached hydrogens (tertiary/aromatic N) is 2. The first-order valence-corrected chi connectivity index (χ1v) is 14.5. The first-order chi connectivity index (χ1) is 18.4. The zero-order chi connectivity index (χ0) is 28.7. The molecule has 0 aromatic heterocycles. The van der Waals surface area contributed by atoms with E-state index >= 15 is 0 Å². The van der Waals surface area contributed by atoms with Crippen LogP contribution in [0.5, 0.6) is 0 Å². The molecule has 0 aliphatic carbocycles. The Bertz CT molecular complexity index is 1420. The van der Waals surface area contributed by atoms with Crippen molar-refractivity contribution in [3.05, 3.63) is 94.2 Å². The number of rotatable bonds is 11. The van der Waals surface area contributed by atoms with Gasteiger partial charge < -0.3 is 10.2 Å². The molecular weight excluding hydrogens is 564 g/mol. The first kappa shape index (κ1) is 30.4. The van der Waals surface area contributed by atoms with Gasteiger partial charge in [0.05, 0.1) is 20.6 Å². The maximum Gasteiger partial charge on any atom is 0.264 e. The lowest BCUT2D eigenvalue weighted by atomic mass is 10.1. The molecule has 0 spiro atoms. The van der Waals surface area contributed by atoms with Gasteiger partial charge in [-0.15, -0.1) is 0 Å². The number of hydrogen-bond donors (Lipinski definition) is 1. The van der Waals surface area contributed by atoms with Crippen molar-refractivity contribution in [2.75, 3.05) is 10.8 Å². The Morgan fingerprint density at radius 1 is 0.949 bits per heavy atom. The van der Waals surface area contributed by atoms with Crippen molar-refractivity contribution in [2.45, 2.75) is 50.7 Å². The molecule has 39 heavy (non-hydrogen) atoms. The summed E-state index contributed by atoms with van der Waals surface area (Å²) < 4.78 is 42.9. The number of carbonyl (C=O) groups excluding carboxylic acids is 2. The average molecular weight is 595 g/mol. The largest absolute Gasteiger partial charge is 0.352 e. The quantitative estimate of drug-likeness (QED) is 0.311. The van der Waals surface area contributed by atoms with Crippen molar-refractivity contribution >= 4 is 50.7 Å². The number of nitrogens with one attached hydrogen (secondary N) is 1. The van der Waals surface area contributed by atoms with Crippen LogP contribution in [0.2, 0.25) is 10.0 Å². The molecule has 7 nitrogen and oxygen atoms in total. The molecule has 0 radical (unpaired) electrons. The molecule has 0 saturated heterocycles. The molecule has 0 fully saturated rings. The summed E-state index contributed by atoms with van der Waals surface area (Å²) >= 11 is 12.2. The fourth-order valence-corrected chi connectivity index (χ4v) is 5.47. The molecule has 0 aliphatic heterocycles. The van der Waals surface area contributed by atoms with Crippen LogP contribution < -0.4 is 9.62 Å². The summed E-state index contributed by atoms with van der Waals surface area (Å²) in [6.07, 6.45) is 0.667. The van der Waals surface area contributed by atoms with Gasteiger partial charge in [0.2, 0.25) is 11.8 Å². The molecule has 2 amide bonds. The number of halogens is 3. The maximum atomic E-state index is 14.6. The highest BCUT2D eigenvalue weighted by Crippen LogP contribution is 2.31. The van der Waals surface area contributed by atoms with Gasteiger partial charge in [0.15, 0.2) is 0 Å². The number of carbonyl (C=O) groups is 2. The Labute approximate surface area is 238 Å². The molecule has 0 saturated carbocycles. The summed E-state index contributed by atoms with van der Waals surface area (Å²) in [4.78, 5) is 28.0. The lowest BCUT2D eigenvalue weighted by Gasteiger charge is -2.32. The van der Waals surface area contributed by atoms with Crippen LogP contribution in [0, 0.1) is 5.82 Å². The highest BCUT2D eigenvalue weighted by molar-refractivity contribution is 7.92. The molecule has 3 rings (SSSR count). The normalized spacial score (nSPS) is 12.9. The zero-order valence-corrected chi connectivity index (χ0v) is 24.1. The van der Waals surface area contributed by atoms with Crippen LogP contribution in [0.3, 0.4) is 0 Å². The second-order valence-corrected chi connectivity index (χ2v) is 11.7. The zero-order valence-electron chi connectivity index (χ0n) is 21.8. The van der Waals surface area contributed by atoms with Crippen molar-refractivity contribution < 1.29 is 22.4 Å². The minimum atomic E-state index is -4.25.